The maximum atomic E-state index is 14.1. The Morgan fingerprint density at radius 1 is 1.03 bits per heavy atom. The molecule has 3 N–H and O–H groups in total. The van der Waals surface area contributed by atoms with E-state index in [1.165, 1.54) is 4.90 Å². The molecule has 0 aliphatic rings. The van der Waals surface area contributed by atoms with Gasteiger partial charge in [0.1, 0.15) is 23.4 Å². The van der Waals surface area contributed by atoms with E-state index in [-0.39, 0.29) is 18.0 Å². The van der Waals surface area contributed by atoms with Gasteiger partial charge in [0.05, 0.1) is 0 Å². The van der Waals surface area contributed by atoms with Gasteiger partial charge in [-0.25, -0.2) is 4.79 Å². The van der Waals surface area contributed by atoms with Gasteiger partial charge >= 0.3 is 6.09 Å². The lowest BCUT2D eigenvalue weighted by Crippen LogP contribution is -2.59. The molecule has 9 heteroatoms. The molecule has 0 bridgehead atoms. The molecule has 208 valence electrons. The standard InChI is InChI=1S/C29H41N3O5S/c1-8-29(6,7)32(26(35)22(18-38)31-27(36)37-28(3,4)5)23(21-16-12-13-19(2)24(21)33)25(34)30-17-20-14-10-9-11-15-20/h9-16,22-23,33,38H,8,17-18H2,1-7H3,(H,30,34)(H,31,36). The SMILES string of the molecule is CCC(C)(C)N(C(=O)C(CS)NC(=O)OC(C)(C)C)C(C(=O)NCc1ccccc1)c1cccc(C)c1O. The predicted octanol–water partition coefficient (Wildman–Crippen LogP) is 4.90. The van der Waals surface area contributed by atoms with Crippen LogP contribution >= 0.6 is 12.6 Å². The van der Waals surface area contributed by atoms with E-state index in [9.17, 15) is 19.5 Å². The zero-order valence-corrected chi connectivity index (χ0v) is 24.3. The number of phenols is 1. The first-order valence-electron chi connectivity index (χ1n) is 12.8. The summed E-state index contributed by atoms with van der Waals surface area (Å²) in [5, 5.41) is 16.6. The molecule has 0 saturated heterocycles. The number of ether oxygens (including phenoxy) is 1. The van der Waals surface area contributed by atoms with Crippen LogP contribution in [-0.4, -0.2) is 50.8 Å². The van der Waals surface area contributed by atoms with Crippen molar-refractivity contribution in [3.05, 3.63) is 65.2 Å². The zero-order chi connectivity index (χ0) is 28.7. The molecule has 0 fully saturated rings. The first-order chi connectivity index (χ1) is 17.7. The van der Waals surface area contributed by atoms with Gasteiger partial charge in [-0.05, 0) is 59.1 Å². The third-order valence-electron chi connectivity index (χ3n) is 6.31. The Kier molecular flexibility index (Phi) is 10.6. The fourth-order valence-corrected chi connectivity index (χ4v) is 4.18. The summed E-state index contributed by atoms with van der Waals surface area (Å²) >= 11 is 4.33. The molecule has 0 radical (unpaired) electrons. The molecule has 2 aromatic rings. The van der Waals surface area contributed by atoms with E-state index in [4.69, 9.17) is 4.74 Å². The monoisotopic (exact) mass is 543 g/mol. The van der Waals surface area contributed by atoms with Gasteiger partial charge in [-0.3, -0.25) is 9.59 Å². The van der Waals surface area contributed by atoms with Crippen molar-refractivity contribution < 1.29 is 24.2 Å². The number of hydrogen-bond acceptors (Lipinski definition) is 6. The van der Waals surface area contributed by atoms with Gasteiger partial charge in [-0.2, -0.15) is 12.6 Å². The molecule has 2 atom stereocenters. The Labute approximate surface area is 231 Å². The number of rotatable bonds is 10. The Bertz CT molecular complexity index is 1110. The predicted molar refractivity (Wildman–Crippen MR) is 152 cm³/mol. The van der Waals surface area contributed by atoms with E-state index >= 15 is 0 Å². The van der Waals surface area contributed by atoms with Crippen LogP contribution in [-0.2, 0) is 20.9 Å². The van der Waals surface area contributed by atoms with Crippen molar-refractivity contribution in [2.24, 2.45) is 0 Å². The normalized spacial score (nSPS) is 13.3. The molecule has 0 aliphatic heterocycles. The summed E-state index contributed by atoms with van der Waals surface area (Å²) in [6, 6.07) is 12.3. The highest BCUT2D eigenvalue weighted by molar-refractivity contribution is 7.80. The number of alkyl carbamates (subject to hydrolysis) is 1. The van der Waals surface area contributed by atoms with E-state index < -0.39 is 41.1 Å². The summed E-state index contributed by atoms with van der Waals surface area (Å²) in [7, 11) is 0. The number of amides is 3. The average molecular weight is 544 g/mol. The van der Waals surface area contributed by atoms with E-state index in [1.807, 2.05) is 51.1 Å². The van der Waals surface area contributed by atoms with Crippen LogP contribution in [0.5, 0.6) is 5.75 Å². The second-order valence-corrected chi connectivity index (χ2v) is 11.2. The summed E-state index contributed by atoms with van der Waals surface area (Å²) in [5.41, 5.74) is 0.159. The molecule has 2 unspecified atom stereocenters. The van der Waals surface area contributed by atoms with Gasteiger partial charge in [-0.15, -0.1) is 0 Å². The molecule has 0 saturated carbocycles. The number of thiol groups is 1. The molecule has 0 spiro atoms. The lowest BCUT2D eigenvalue weighted by molar-refractivity contribution is -0.149. The molecule has 0 aliphatic carbocycles. The smallest absolute Gasteiger partial charge is 0.408 e. The summed E-state index contributed by atoms with van der Waals surface area (Å²) < 4.78 is 5.35. The van der Waals surface area contributed by atoms with Crippen molar-refractivity contribution in [3.63, 3.8) is 0 Å². The highest BCUT2D eigenvalue weighted by atomic mass is 32.1. The maximum absolute atomic E-state index is 14.1. The number of aromatic hydroxyl groups is 1. The third-order valence-corrected chi connectivity index (χ3v) is 6.67. The minimum Gasteiger partial charge on any atom is -0.507 e. The van der Waals surface area contributed by atoms with Gasteiger partial charge < -0.3 is 25.4 Å². The molecular formula is C29H41N3O5S. The molecule has 38 heavy (non-hydrogen) atoms. The van der Waals surface area contributed by atoms with Crippen LogP contribution in [0.4, 0.5) is 4.79 Å². The average Bonchev–Trinajstić information content (AvgIpc) is 2.85. The van der Waals surface area contributed by atoms with Gasteiger partial charge in [-0.1, -0.05) is 55.5 Å². The van der Waals surface area contributed by atoms with Gasteiger partial charge in [0.2, 0.25) is 11.8 Å². The first-order valence-corrected chi connectivity index (χ1v) is 13.4. The number of nitrogens with one attached hydrogen (secondary N) is 2. The van der Waals surface area contributed by atoms with Crippen molar-refractivity contribution >= 4 is 30.5 Å². The van der Waals surface area contributed by atoms with Crippen LogP contribution in [0.3, 0.4) is 0 Å². The number of carbonyl (C=O) groups is 3. The third kappa shape index (κ3) is 8.15. The lowest BCUT2D eigenvalue weighted by Gasteiger charge is -2.44. The van der Waals surface area contributed by atoms with Gasteiger partial charge in [0.15, 0.2) is 0 Å². The number of nitrogens with zero attached hydrogens (tertiary/aromatic N) is 1. The van der Waals surface area contributed by atoms with Crippen LogP contribution in [0.15, 0.2) is 48.5 Å². The Hall–Kier alpha value is -3.20. The molecule has 2 aromatic carbocycles. The summed E-state index contributed by atoms with van der Waals surface area (Å²) in [6.45, 7) is 12.8. The number of carbonyl (C=O) groups excluding carboxylic acids is 3. The van der Waals surface area contributed by atoms with Crippen molar-refractivity contribution in [1.29, 1.82) is 0 Å². The largest absolute Gasteiger partial charge is 0.507 e. The van der Waals surface area contributed by atoms with Crippen LogP contribution in [0.2, 0.25) is 0 Å². The van der Waals surface area contributed by atoms with Crippen molar-refractivity contribution in [2.75, 3.05) is 5.75 Å². The van der Waals surface area contributed by atoms with Crippen LogP contribution in [0.1, 0.15) is 70.7 Å². The van der Waals surface area contributed by atoms with Gasteiger partial charge in [0, 0.05) is 23.4 Å². The Balaban J connectivity index is 2.57. The Morgan fingerprint density at radius 3 is 2.21 bits per heavy atom. The summed E-state index contributed by atoms with van der Waals surface area (Å²) in [5.74, 6) is -1.06. The van der Waals surface area contributed by atoms with Crippen molar-refractivity contribution in [1.82, 2.24) is 15.5 Å². The molecule has 8 nitrogen and oxygen atoms in total. The maximum Gasteiger partial charge on any atom is 0.408 e. The highest BCUT2D eigenvalue weighted by Gasteiger charge is 2.43. The topological polar surface area (TPSA) is 108 Å². The zero-order valence-electron chi connectivity index (χ0n) is 23.4. The summed E-state index contributed by atoms with van der Waals surface area (Å²) in [4.78, 5) is 42.0. The fourth-order valence-electron chi connectivity index (χ4n) is 3.93. The minimum absolute atomic E-state index is 0.0213. The Morgan fingerprint density at radius 2 is 1.66 bits per heavy atom. The van der Waals surface area contributed by atoms with Crippen LogP contribution < -0.4 is 10.6 Å². The van der Waals surface area contributed by atoms with Crippen LogP contribution in [0, 0.1) is 6.92 Å². The minimum atomic E-state index is -1.18. The van der Waals surface area contributed by atoms with E-state index in [0.717, 1.165) is 5.56 Å². The molecular weight excluding hydrogens is 502 g/mol. The van der Waals surface area contributed by atoms with Crippen molar-refractivity contribution in [3.8, 4) is 5.75 Å². The second kappa shape index (κ2) is 13.0. The number of para-hydroxylation sites is 1. The molecule has 2 rings (SSSR count). The van der Waals surface area contributed by atoms with E-state index in [1.54, 1.807) is 45.9 Å². The van der Waals surface area contributed by atoms with Gasteiger partial charge in [0.25, 0.3) is 0 Å². The number of phenolic OH excluding ortho intramolecular Hbond substituents is 1. The summed E-state index contributed by atoms with van der Waals surface area (Å²) in [6.07, 6.45) is -0.262. The van der Waals surface area contributed by atoms with E-state index in [0.29, 0.717) is 17.5 Å². The number of aryl methyl sites for hydroxylation is 1. The van der Waals surface area contributed by atoms with E-state index in [2.05, 4.69) is 23.3 Å². The molecule has 0 heterocycles. The molecule has 0 aromatic heterocycles. The van der Waals surface area contributed by atoms with Crippen molar-refractivity contribution in [2.45, 2.75) is 84.7 Å². The first kappa shape index (κ1) is 31.0. The van der Waals surface area contributed by atoms with Crippen LogP contribution in [0.25, 0.3) is 0 Å². The second-order valence-electron chi connectivity index (χ2n) is 10.9. The molecule has 3 amide bonds. The quantitative estimate of drug-likeness (QED) is 0.319. The lowest BCUT2D eigenvalue weighted by atomic mass is 9.91. The number of benzene rings is 2. The fraction of sp³-hybridized carbons (Fsp3) is 0.483. The number of hydrogen-bond donors (Lipinski definition) is 4. The highest BCUT2D eigenvalue weighted by Crippen LogP contribution is 2.37.